The highest BCUT2D eigenvalue weighted by Crippen LogP contribution is 2.15. The van der Waals surface area contributed by atoms with Gasteiger partial charge in [0.1, 0.15) is 12.4 Å². The molecular weight excluding hydrogens is 256 g/mol. The Morgan fingerprint density at radius 3 is 2.65 bits per heavy atom. The monoisotopic (exact) mass is 272 g/mol. The van der Waals surface area contributed by atoms with E-state index in [1.807, 2.05) is 24.3 Å². The summed E-state index contributed by atoms with van der Waals surface area (Å²) in [5.41, 5.74) is 4.23. The Morgan fingerprint density at radius 2 is 1.90 bits per heavy atom. The fraction of sp³-hybridized carbons (Fsp3) is 0.133. The summed E-state index contributed by atoms with van der Waals surface area (Å²) in [6.45, 7) is 0.309. The zero-order valence-corrected chi connectivity index (χ0v) is 10.9. The lowest BCUT2D eigenvalue weighted by atomic mass is 10.1. The maximum Gasteiger partial charge on any atom is 0.265 e. The highest BCUT2D eigenvalue weighted by Gasteiger charge is 2.04. The van der Waals surface area contributed by atoms with Crippen LogP contribution in [0.5, 0.6) is 5.75 Å². The summed E-state index contributed by atoms with van der Waals surface area (Å²) in [5.74, 6) is 5.43. The minimum absolute atomic E-state index is 0.0244. The lowest BCUT2D eigenvalue weighted by Gasteiger charge is -2.08. The van der Waals surface area contributed by atoms with Crippen LogP contribution in [0, 0.1) is 0 Å². The molecular formula is C15H16N2O3. The number of aliphatic hydroxyl groups excluding tert-OH is 1. The van der Waals surface area contributed by atoms with Crippen LogP contribution < -0.4 is 16.0 Å². The van der Waals surface area contributed by atoms with Crippen LogP contribution in [0.4, 0.5) is 0 Å². The molecule has 4 N–H and O–H groups in total. The molecule has 0 saturated carbocycles. The summed E-state index contributed by atoms with van der Waals surface area (Å²) in [6.07, 6.45) is 0. The maximum atomic E-state index is 11.4. The normalized spacial score (nSPS) is 10.1. The Hall–Kier alpha value is -2.37. The van der Waals surface area contributed by atoms with Crippen LogP contribution in [0.2, 0.25) is 0 Å². The quantitative estimate of drug-likeness (QED) is 0.436. The Balaban J connectivity index is 2.05. The highest BCUT2D eigenvalue weighted by molar-refractivity contribution is 5.93. The van der Waals surface area contributed by atoms with E-state index in [9.17, 15) is 4.79 Å². The molecule has 2 rings (SSSR count). The third-order valence-corrected chi connectivity index (χ3v) is 2.81. The molecule has 5 heteroatoms. The summed E-state index contributed by atoms with van der Waals surface area (Å²) in [5, 5.41) is 9.06. The van der Waals surface area contributed by atoms with Gasteiger partial charge in [-0.05, 0) is 35.4 Å². The first-order valence-corrected chi connectivity index (χ1v) is 6.15. The molecule has 0 aromatic heterocycles. The van der Waals surface area contributed by atoms with Gasteiger partial charge in [0.25, 0.3) is 5.91 Å². The van der Waals surface area contributed by atoms with Crippen molar-refractivity contribution in [1.29, 1.82) is 0 Å². The van der Waals surface area contributed by atoms with E-state index in [1.54, 1.807) is 24.3 Å². The number of benzene rings is 2. The Kier molecular flexibility index (Phi) is 4.70. The predicted molar refractivity (Wildman–Crippen MR) is 74.8 cm³/mol. The van der Waals surface area contributed by atoms with Gasteiger partial charge in [-0.15, -0.1) is 0 Å². The topological polar surface area (TPSA) is 84.6 Å². The number of amides is 1. The van der Waals surface area contributed by atoms with Crippen molar-refractivity contribution >= 4 is 5.91 Å². The van der Waals surface area contributed by atoms with Crippen LogP contribution in [-0.2, 0) is 13.2 Å². The number of ether oxygens (including phenoxy) is 1. The molecule has 5 nitrogen and oxygen atoms in total. The third kappa shape index (κ3) is 3.57. The van der Waals surface area contributed by atoms with E-state index in [2.05, 4.69) is 5.43 Å². The van der Waals surface area contributed by atoms with Gasteiger partial charge in [0.15, 0.2) is 0 Å². The molecule has 1 amide bonds. The van der Waals surface area contributed by atoms with Gasteiger partial charge < -0.3 is 9.84 Å². The first kappa shape index (κ1) is 14.0. The van der Waals surface area contributed by atoms with Gasteiger partial charge in [0.05, 0.1) is 6.61 Å². The summed E-state index contributed by atoms with van der Waals surface area (Å²) in [4.78, 5) is 11.4. The van der Waals surface area contributed by atoms with Crippen LogP contribution >= 0.6 is 0 Å². The number of hydrogen-bond acceptors (Lipinski definition) is 4. The number of nitrogens with two attached hydrogens (primary N) is 1. The van der Waals surface area contributed by atoms with Crippen molar-refractivity contribution < 1.29 is 14.6 Å². The van der Waals surface area contributed by atoms with Gasteiger partial charge in [0.2, 0.25) is 0 Å². The Bertz CT molecular complexity index is 599. The number of carbonyl (C=O) groups excluding carboxylic acids is 1. The molecule has 0 fully saturated rings. The SMILES string of the molecule is NNC(=O)c1cccc(COc2cccc(CO)c2)c1. The number of aliphatic hydroxyl groups is 1. The zero-order valence-electron chi connectivity index (χ0n) is 10.9. The summed E-state index contributed by atoms with van der Waals surface area (Å²) < 4.78 is 5.63. The molecule has 0 spiro atoms. The maximum absolute atomic E-state index is 11.4. The number of rotatable bonds is 5. The minimum atomic E-state index is -0.339. The van der Waals surface area contributed by atoms with E-state index in [-0.39, 0.29) is 12.5 Å². The lowest BCUT2D eigenvalue weighted by Crippen LogP contribution is -2.30. The molecule has 0 bridgehead atoms. The lowest BCUT2D eigenvalue weighted by molar-refractivity contribution is 0.0953. The Labute approximate surface area is 117 Å². The van der Waals surface area contributed by atoms with Gasteiger partial charge >= 0.3 is 0 Å². The van der Waals surface area contributed by atoms with E-state index in [4.69, 9.17) is 15.7 Å². The molecule has 104 valence electrons. The smallest absolute Gasteiger partial charge is 0.265 e. The van der Waals surface area contributed by atoms with Crippen LogP contribution in [-0.4, -0.2) is 11.0 Å². The van der Waals surface area contributed by atoms with Crippen molar-refractivity contribution in [2.45, 2.75) is 13.2 Å². The van der Waals surface area contributed by atoms with E-state index in [0.29, 0.717) is 17.9 Å². The standard InChI is InChI=1S/C15H16N2O3/c16-17-15(19)13-5-1-4-12(7-13)10-20-14-6-2-3-11(8-14)9-18/h1-8,18H,9-10,16H2,(H,17,19). The van der Waals surface area contributed by atoms with Crippen molar-refractivity contribution in [1.82, 2.24) is 5.43 Å². The fourth-order valence-corrected chi connectivity index (χ4v) is 1.79. The molecule has 20 heavy (non-hydrogen) atoms. The summed E-state index contributed by atoms with van der Waals surface area (Å²) >= 11 is 0. The van der Waals surface area contributed by atoms with E-state index in [0.717, 1.165) is 11.1 Å². The molecule has 0 atom stereocenters. The first-order valence-electron chi connectivity index (χ1n) is 6.15. The van der Waals surface area contributed by atoms with E-state index >= 15 is 0 Å². The first-order chi connectivity index (χ1) is 9.72. The second-order valence-electron chi connectivity index (χ2n) is 4.27. The van der Waals surface area contributed by atoms with Crippen molar-refractivity contribution in [3.05, 3.63) is 65.2 Å². The zero-order chi connectivity index (χ0) is 14.4. The summed E-state index contributed by atoms with van der Waals surface area (Å²) in [7, 11) is 0. The average molecular weight is 272 g/mol. The number of nitrogen functional groups attached to an aromatic ring is 1. The molecule has 0 aliphatic rings. The van der Waals surface area contributed by atoms with Crippen molar-refractivity contribution in [2.75, 3.05) is 0 Å². The second kappa shape index (κ2) is 6.70. The highest BCUT2D eigenvalue weighted by atomic mass is 16.5. The van der Waals surface area contributed by atoms with Crippen LogP contribution in [0.15, 0.2) is 48.5 Å². The predicted octanol–water partition coefficient (Wildman–Crippen LogP) is 1.36. The van der Waals surface area contributed by atoms with E-state index in [1.165, 1.54) is 0 Å². The van der Waals surface area contributed by atoms with Gasteiger partial charge in [-0.1, -0.05) is 24.3 Å². The minimum Gasteiger partial charge on any atom is -0.489 e. The molecule has 0 heterocycles. The molecule has 0 saturated heterocycles. The number of hydrogen-bond donors (Lipinski definition) is 3. The number of carbonyl (C=O) groups is 1. The van der Waals surface area contributed by atoms with Crippen LogP contribution in [0.1, 0.15) is 21.5 Å². The van der Waals surface area contributed by atoms with Gasteiger partial charge in [-0.25, -0.2) is 5.84 Å². The third-order valence-electron chi connectivity index (χ3n) is 2.81. The van der Waals surface area contributed by atoms with Crippen molar-refractivity contribution in [3.63, 3.8) is 0 Å². The van der Waals surface area contributed by atoms with Gasteiger partial charge in [0, 0.05) is 5.56 Å². The molecule has 0 aliphatic heterocycles. The van der Waals surface area contributed by atoms with Crippen LogP contribution in [0.3, 0.4) is 0 Å². The second-order valence-corrected chi connectivity index (χ2v) is 4.27. The molecule has 2 aromatic rings. The average Bonchev–Trinajstić information content (AvgIpc) is 2.52. The molecule has 0 radical (unpaired) electrons. The van der Waals surface area contributed by atoms with Crippen LogP contribution in [0.25, 0.3) is 0 Å². The fourth-order valence-electron chi connectivity index (χ4n) is 1.79. The molecule has 2 aromatic carbocycles. The van der Waals surface area contributed by atoms with Gasteiger partial charge in [-0.2, -0.15) is 0 Å². The molecule has 0 unspecified atom stereocenters. The Morgan fingerprint density at radius 1 is 1.15 bits per heavy atom. The number of hydrazine groups is 1. The van der Waals surface area contributed by atoms with E-state index < -0.39 is 0 Å². The van der Waals surface area contributed by atoms with Crippen molar-refractivity contribution in [3.8, 4) is 5.75 Å². The summed E-state index contributed by atoms with van der Waals surface area (Å²) in [6, 6.07) is 14.3. The van der Waals surface area contributed by atoms with Crippen molar-refractivity contribution in [2.24, 2.45) is 5.84 Å². The number of nitrogens with one attached hydrogen (secondary N) is 1. The largest absolute Gasteiger partial charge is 0.489 e. The van der Waals surface area contributed by atoms with Gasteiger partial charge in [-0.3, -0.25) is 10.2 Å². The molecule has 0 aliphatic carbocycles.